The van der Waals surface area contributed by atoms with Crippen LogP contribution in [0, 0.1) is 17.2 Å². The smallest absolute Gasteiger partial charge is 0.223 e. The summed E-state index contributed by atoms with van der Waals surface area (Å²) in [7, 11) is 0. The average Bonchev–Trinajstić information content (AvgIpc) is 3.37. The van der Waals surface area contributed by atoms with Gasteiger partial charge in [0.15, 0.2) is 0 Å². The third-order valence-electron chi connectivity index (χ3n) is 6.32. The Labute approximate surface area is 154 Å². The fourth-order valence-corrected chi connectivity index (χ4v) is 4.55. The van der Waals surface area contributed by atoms with Crippen LogP contribution in [0.15, 0.2) is 24.3 Å². The van der Waals surface area contributed by atoms with Gasteiger partial charge in [-0.15, -0.1) is 0 Å². The number of rotatable bonds is 5. The standard InChI is InChI=1S/C20H28FN3O2/c21-16-3-1-15(2-4-16)18(24-9-11-26-12-10-24)14-23-19(25)17-13-20(17)5-7-22-8-6-20/h1-4,17-18,22H,5-14H2,(H,23,25). The first kappa shape index (κ1) is 17.9. The molecule has 2 unspecified atom stereocenters. The highest BCUT2D eigenvalue weighted by atomic mass is 19.1. The summed E-state index contributed by atoms with van der Waals surface area (Å²) >= 11 is 0. The van der Waals surface area contributed by atoms with Crippen LogP contribution in [0.1, 0.15) is 30.9 Å². The lowest BCUT2D eigenvalue weighted by Crippen LogP contribution is -2.44. The molecule has 1 aromatic rings. The van der Waals surface area contributed by atoms with Gasteiger partial charge < -0.3 is 15.4 Å². The zero-order valence-corrected chi connectivity index (χ0v) is 15.2. The van der Waals surface area contributed by atoms with Crippen LogP contribution >= 0.6 is 0 Å². The molecule has 3 aliphatic rings. The van der Waals surface area contributed by atoms with Crippen molar-refractivity contribution in [2.75, 3.05) is 45.9 Å². The maximum Gasteiger partial charge on any atom is 0.223 e. The highest BCUT2D eigenvalue weighted by molar-refractivity contribution is 5.82. The minimum atomic E-state index is -0.232. The first-order chi connectivity index (χ1) is 12.7. The Hall–Kier alpha value is -1.50. The summed E-state index contributed by atoms with van der Waals surface area (Å²) in [5, 5.41) is 6.57. The van der Waals surface area contributed by atoms with Crippen molar-refractivity contribution < 1.29 is 13.9 Å². The van der Waals surface area contributed by atoms with E-state index >= 15 is 0 Å². The highest BCUT2D eigenvalue weighted by Crippen LogP contribution is 2.58. The zero-order chi connectivity index (χ0) is 18.0. The maximum atomic E-state index is 13.3. The summed E-state index contributed by atoms with van der Waals surface area (Å²) in [6.07, 6.45) is 3.24. The van der Waals surface area contributed by atoms with Crippen LogP contribution in [0.2, 0.25) is 0 Å². The lowest BCUT2D eigenvalue weighted by Gasteiger charge is -2.35. The molecule has 142 valence electrons. The number of benzene rings is 1. The van der Waals surface area contributed by atoms with Gasteiger partial charge >= 0.3 is 0 Å². The minimum absolute atomic E-state index is 0.0613. The second kappa shape index (κ2) is 7.62. The first-order valence-electron chi connectivity index (χ1n) is 9.74. The molecule has 1 amide bonds. The van der Waals surface area contributed by atoms with Crippen LogP contribution in [-0.2, 0) is 9.53 Å². The van der Waals surface area contributed by atoms with E-state index in [2.05, 4.69) is 15.5 Å². The van der Waals surface area contributed by atoms with E-state index < -0.39 is 0 Å². The van der Waals surface area contributed by atoms with Gasteiger partial charge in [0, 0.05) is 25.6 Å². The van der Waals surface area contributed by atoms with Crippen LogP contribution in [0.5, 0.6) is 0 Å². The molecule has 6 heteroatoms. The number of ether oxygens (including phenoxy) is 1. The van der Waals surface area contributed by atoms with E-state index in [1.807, 2.05) is 12.1 Å². The molecule has 0 aromatic heterocycles. The van der Waals surface area contributed by atoms with E-state index in [4.69, 9.17) is 4.74 Å². The third kappa shape index (κ3) is 3.77. The molecule has 2 saturated heterocycles. The number of amides is 1. The Kier molecular flexibility index (Phi) is 5.25. The van der Waals surface area contributed by atoms with E-state index in [9.17, 15) is 9.18 Å². The van der Waals surface area contributed by atoms with Crippen LogP contribution in [0.25, 0.3) is 0 Å². The van der Waals surface area contributed by atoms with E-state index in [-0.39, 0.29) is 29.1 Å². The summed E-state index contributed by atoms with van der Waals surface area (Å²) in [5.41, 5.74) is 1.29. The summed E-state index contributed by atoms with van der Waals surface area (Å²) < 4.78 is 18.8. The largest absolute Gasteiger partial charge is 0.379 e. The fraction of sp³-hybridized carbons (Fsp3) is 0.650. The van der Waals surface area contributed by atoms with Crippen LogP contribution in [0.4, 0.5) is 4.39 Å². The number of piperidine rings is 1. The second-order valence-electron chi connectivity index (χ2n) is 7.83. The monoisotopic (exact) mass is 361 g/mol. The average molecular weight is 361 g/mol. The van der Waals surface area contributed by atoms with Gasteiger partial charge in [-0.2, -0.15) is 0 Å². The molecular weight excluding hydrogens is 333 g/mol. The molecule has 0 radical (unpaired) electrons. The van der Waals surface area contributed by atoms with Gasteiger partial charge in [0.05, 0.1) is 19.3 Å². The van der Waals surface area contributed by atoms with Crippen LogP contribution in [-0.4, -0.2) is 56.7 Å². The third-order valence-corrected chi connectivity index (χ3v) is 6.32. The fourth-order valence-electron chi connectivity index (χ4n) is 4.55. The number of nitrogens with one attached hydrogen (secondary N) is 2. The predicted octanol–water partition coefficient (Wildman–Crippen LogP) is 1.70. The van der Waals surface area contributed by atoms with Gasteiger partial charge in [0.2, 0.25) is 5.91 Å². The summed E-state index contributed by atoms with van der Waals surface area (Å²) in [6, 6.07) is 6.71. The first-order valence-corrected chi connectivity index (χ1v) is 9.74. The lowest BCUT2D eigenvalue weighted by molar-refractivity contribution is -0.123. The molecule has 4 rings (SSSR count). The van der Waals surface area contributed by atoms with Gasteiger partial charge in [-0.1, -0.05) is 12.1 Å². The van der Waals surface area contributed by atoms with E-state index in [1.165, 1.54) is 12.1 Å². The molecule has 2 atom stereocenters. The maximum absolute atomic E-state index is 13.3. The normalized spacial score (nSPS) is 26.4. The van der Waals surface area contributed by atoms with Gasteiger partial charge in [0.1, 0.15) is 5.82 Å². The number of carbonyl (C=O) groups excluding carboxylic acids is 1. The molecule has 2 heterocycles. The number of hydrogen-bond donors (Lipinski definition) is 2. The highest BCUT2D eigenvalue weighted by Gasteiger charge is 2.57. The molecule has 2 aliphatic heterocycles. The number of morpholine rings is 1. The SMILES string of the molecule is O=C(NCC(c1ccc(F)cc1)N1CCOCC1)C1CC12CCNCC2. The Morgan fingerprint density at radius 3 is 2.65 bits per heavy atom. The van der Waals surface area contributed by atoms with Crippen molar-refractivity contribution in [2.24, 2.45) is 11.3 Å². The van der Waals surface area contributed by atoms with Gasteiger partial charge in [-0.3, -0.25) is 9.69 Å². The molecule has 1 spiro atoms. The topological polar surface area (TPSA) is 53.6 Å². The molecule has 3 fully saturated rings. The Morgan fingerprint density at radius 1 is 1.27 bits per heavy atom. The van der Waals surface area contributed by atoms with Crippen molar-refractivity contribution in [1.82, 2.24) is 15.5 Å². The summed E-state index contributed by atoms with van der Waals surface area (Å²) in [5.74, 6) is 0.125. The Morgan fingerprint density at radius 2 is 1.96 bits per heavy atom. The molecular formula is C20H28FN3O2. The van der Waals surface area contributed by atoms with Crippen molar-refractivity contribution >= 4 is 5.91 Å². The van der Waals surface area contributed by atoms with Crippen LogP contribution in [0.3, 0.4) is 0 Å². The predicted molar refractivity (Wildman–Crippen MR) is 97.2 cm³/mol. The quantitative estimate of drug-likeness (QED) is 0.838. The molecule has 5 nitrogen and oxygen atoms in total. The zero-order valence-electron chi connectivity index (χ0n) is 15.2. The molecule has 0 bridgehead atoms. The van der Waals surface area contributed by atoms with Crippen molar-refractivity contribution in [3.05, 3.63) is 35.6 Å². The second-order valence-corrected chi connectivity index (χ2v) is 7.83. The van der Waals surface area contributed by atoms with Gasteiger partial charge in [-0.25, -0.2) is 4.39 Å². The van der Waals surface area contributed by atoms with Crippen molar-refractivity contribution in [1.29, 1.82) is 0 Å². The lowest BCUT2D eigenvalue weighted by atomic mass is 9.91. The molecule has 26 heavy (non-hydrogen) atoms. The molecule has 1 aliphatic carbocycles. The van der Waals surface area contributed by atoms with E-state index in [1.54, 1.807) is 0 Å². The van der Waals surface area contributed by atoms with Crippen molar-refractivity contribution in [2.45, 2.75) is 25.3 Å². The van der Waals surface area contributed by atoms with Crippen molar-refractivity contribution in [3.63, 3.8) is 0 Å². The van der Waals surface area contributed by atoms with E-state index in [0.717, 1.165) is 51.0 Å². The van der Waals surface area contributed by atoms with Gasteiger partial charge in [-0.05, 0) is 55.5 Å². The summed E-state index contributed by atoms with van der Waals surface area (Å²) in [4.78, 5) is 15.0. The number of hydrogen-bond acceptors (Lipinski definition) is 4. The molecule has 1 aromatic carbocycles. The molecule has 2 N–H and O–H groups in total. The Balaban J connectivity index is 1.40. The van der Waals surface area contributed by atoms with Crippen molar-refractivity contribution in [3.8, 4) is 0 Å². The number of halogens is 1. The number of nitrogens with zero attached hydrogens (tertiary/aromatic N) is 1. The minimum Gasteiger partial charge on any atom is -0.379 e. The molecule has 1 saturated carbocycles. The van der Waals surface area contributed by atoms with Gasteiger partial charge in [0.25, 0.3) is 0 Å². The van der Waals surface area contributed by atoms with E-state index in [0.29, 0.717) is 19.8 Å². The number of carbonyl (C=O) groups is 1. The summed E-state index contributed by atoms with van der Waals surface area (Å²) in [6.45, 7) is 5.67. The van der Waals surface area contributed by atoms with Crippen LogP contribution < -0.4 is 10.6 Å². The Bertz CT molecular complexity index is 624.